The van der Waals surface area contributed by atoms with Crippen molar-refractivity contribution < 1.29 is 0 Å². The summed E-state index contributed by atoms with van der Waals surface area (Å²) < 4.78 is 2.28. The molecule has 1 aliphatic heterocycles. The number of imidazole rings is 1. The van der Waals surface area contributed by atoms with Crippen LogP contribution in [-0.4, -0.2) is 9.55 Å². The van der Waals surface area contributed by atoms with E-state index in [-0.39, 0.29) is 12.2 Å². The summed E-state index contributed by atoms with van der Waals surface area (Å²) in [6, 6.07) is 63.5. The van der Waals surface area contributed by atoms with E-state index in [1.807, 2.05) is 12.1 Å². The first-order chi connectivity index (χ1) is 25.6. The SMILES string of the molecule is CC(c1cc(-c2nc3ccccc3n2-c2ccccc2)cc(C2Nc3ccccc3N2c2ccccc2)c1)N(c1ccccc1)c1ccccc1N. The largest absolute Gasteiger partial charge is 0.397 e. The number of benzene rings is 7. The van der Waals surface area contributed by atoms with Gasteiger partial charge in [0.1, 0.15) is 12.0 Å². The monoisotopic (exact) mass is 674 g/mol. The normalized spacial score (nSPS) is 14.2. The predicted molar refractivity (Wildman–Crippen MR) is 216 cm³/mol. The standard InChI is InChI=1S/C46H38N6/c1-32(50(36-17-5-2-6-18-36)42-26-14-11-23-39(42)47)33-29-34(45-48-40-24-12-15-27-43(40)51(45)37-19-7-3-8-20-37)31-35(30-33)46-49-41-25-13-16-28-44(41)52(46)38-21-9-4-10-22-38/h2-32,45,48H,47H2,1H3. The Balaban J connectivity index is 1.29. The van der Waals surface area contributed by atoms with Gasteiger partial charge < -0.3 is 20.9 Å². The highest BCUT2D eigenvalue weighted by atomic mass is 15.3. The second kappa shape index (κ2) is 13.2. The minimum absolute atomic E-state index is 0.102. The van der Waals surface area contributed by atoms with Gasteiger partial charge in [-0.15, -0.1) is 0 Å². The smallest absolute Gasteiger partial charge is 0.145 e. The van der Waals surface area contributed by atoms with E-state index in [4.69, 9.17) is 10.7 Å². The number of aromatic nitrogens is 2. The van der Waals surface area contributed by atoms with Crippen LogP contribution in [-0.2, 0) is 0 Å². The molecule has 6 nitrogen and oxygen atoms in total. The number of para-hydroxylation sites is 9. The molecule has 8 aromatic rings. The molecule has 6 heteroatoms. The lowest BCUT2D eigenvalue weighted by Gasteiger charge is -2.34. The summed E-state index contributed by atoms with van der Waals surface area (Å²) in [5.41, 5.74) is 19.2. The minimum Gasteiger partial charge on any atom is -0.397 e. The fourth-order valence-electron chi connectivity index (χ4n) is 7.54. The Kier molecular flexibility index (Phi) is 7.90. The van der Waals surface area contributed by atoms with Gasteiger partial charge in [0.25, 0.3) is 0 Å². The molecule has 2 atom stereocenters. The first-order valence-corrected chi connectivity index (χ1v) is 17.7. The maximum absolute atomic E-state index is 6.71. The number of nitrogen functional groups attached to an aromatic ring is 1. The molecule has 2 heterocycles. The lowest BCUT2D eigenvalue weighted by molar-refractivity contribution is 0.764. The van der Waals surface area contributed by atoms with Gasteiger partial charge in [0.2, 0.25) is 0 Å². The van der Waals surface area contributed by atoms with Gasteiger partial charge in [0.05, 0.1) is 39.8 Å². The Hall–Kier alpha value is -6.79. The van der Waals surface area contributed by atoms with E-state index in [9.17, 15) is 0 Å². The van der Waals surface area contributed by atoms with Crippen molar-refractivity contribution in [2.75, 3.05) is 20.9 Å². The van der Waals surface area contributed by atoms with Gasteiger partial charge in [-0.05, 0) is 109 Å². The average Bonchev–Trinajstić information content (AvgIpc) is 3.79. The van der Waals surface area contributed by atoms with E-state index in [1.165, 1.54) is 0 Å². The number of hydrogen-bond donors (Lipinski definition) is 2. The van der Waals surface area contributed by atoms with Crippen molar-refractivity contribution in [1.82, 2.24) is 9.55 Å². The number of fused-ring (bicyclic) bond motifs is 2. The Labute approximate surface area is 304 Å². The van der Waals surface area contributed by atoms with Crippen molar-refractivity contribution in [2.24, 2.45) is 0 Å². The quantitative estimate of drug-likeness (QED) is 0.157. The Morgan fingerprint density at radius 3 is 2.06 bits per heavy atom. The molecule has 52 heavy (non-hydrogen) atoms. The third-order valence-electron chi connectivity index (χ3n) is 9.98. The fourth-order valence-corrected chi connectivity index (χ4v) is 7.54. The average molecular weight is 675 g/mol. The van der Waals surface area contributed by atoms with Crippen LogP contribution in [0.3, 0.4) is 0 Å². The van der Waals surface area contributed by atoms with E-state index in [0.29, 0.717) is 0 Å². The van der Waals surface area contributed by atoms with E-state index in [1.54, 1.807) is 0 Å². The second-order valence-corrected chi connectivity index (χ2v) is 13.2. The molecule has 0 aliphatic carbocycles. The van der Waals surface area contributed by atoms with Gasteiger partial charge in [-0.2, -0.15) is 0 Å². The molecule has 1 aliphatic rings. The molecule has 0 spiro atoms. The van der Waals surface area contributed by atoms with Crippen molar-refractivity contribution in [3.63, 3.8) is 0 Å². The summed E-state index contributed by atoms with van der Waals surface area (Å²) in [5.74, 6) is 0.884. The maximum atomic E-state index is 6.71. The zero-order valence-corrected chi connectivity index (χ0v) is 28.8. The van der Waals surface area contributed by atoms with Crippen LogP contribution in [0.1, 0.15) is 30.3 Å². The molecule has 0 saturated carbocycles. The molecule has 1 aromatic heterocycles. The molecule has 9 rings (SSSR count). The maximum Gasteiger partial charge on any atom is 0.145 e. The first kappa shape index (κ1) is 31.2. The highest BCUT2D eigenvalue weighted by Crippen LogP contribution is 2.47. The van der Waals surface area contributed by atoms with Crippen molar-refractivity contribution in [3.05, 3.63) is 193 Å². The summed E-state index contributed by atoms with van der Waals surface area (Å²) >= 11 is 0. The van der Waals surface area contributed by atoms with Crippen molar-refractivity contribution in [2.45, 2.75) is 19.1 Å². The van der Waals surface area contributed by atoms with Gasteiger partial charge in [0.15, 0.2) is 0 Å². The number of rotatable bonds is 8. The van der Waals surface area contributed by atoms with Crippen LogP contribution in [0.2, 0.25) is 0 Å². The lowest BCUT2D eigenvalue weighted by atomic mass is 9.96. The highest BCUT2D eigenvalue weighted by molar-refractivity contribution is 5.86. The lowest BCUT2D eigenvalue weighted by Crippen LogP contribution is -2.25. The van der Waals surface area contributed by atoms with Crippen LogP contribution in [0.4, 0.5) is 34.1 Å². The fraction of sp³-hybridized carbons (Fsp3) is 0.0652. The number of nitrogens with zero attached hydrogens (tertiary/aromatic N) is 4. The summed E-state index contributed by atoms with van der Waals surface area (Å²) in [6.45, 7) is 2.26. The van der Waals surface area contributed by atoms with Crippen molar-refractivity contribution in [1.29, 1.82) is 0 Å². The van der Waals surface area contributed by atoms with E-state index >= 15 is 0 Å². The molecule has 252 valence electrons. The summed E-state index contributed by atoms with van der Waals surface area (Å²) in [5, 5.41) is 3.88. The number of anilines is 6. The van der Waals surface area contributed by atoms with E-state index < -0.39 is 0 Å². The van der Waals surface area contributed by atoms with Gasteiger partial charge in [-0.25, -0.2) is 4.98 Å². The van der Waals surface area contributed by atoms with Crippen LogP contribution in [0.5, 0.6) is 0 Å². The van der Waals surface area contributed by atoms with Crippen molar-refractivity contribution in [3.8, 4) is 17.1 Å². The van der Waals surface area contributed by atoms with Gasteiger partial charge >= 0.3 is 0 Å². The van der Waals surface area contributed by atoms with Crippen LogP contribution in [0, 0.1) is 0 Å². The van der Waals surface area contributed by atoms with Gasteiger partial charge in [-0.1, -0.05) is 91.0 Å². The molecule has 7 aromatic carbocycles. The van der Waals surface area contributed by atoms with Crippen LogP contribution < -0.4 is 20.9 Å². The first-order valence-electron chi connectivity index (χ1n) is 17.7. The third-order valence-corrected chi connectivity index (χ3v) is 9.98. The molecular weight excluding hydrogens is 637 g/mol. The summed E-state index contributed by atoms with van der Waals surface area (Å²) in [4.78, 5) is 10.0. The van der Waals surface area contributed by atoms with E-state index in [0.717, 1.165) is 73.4 Å². The molecule has 0 bridgehead atoms. The van der Waals surface area contributed by atoms with Crippen LogP contribution in [0.25, 0.3) is 28.1 Å². The van der Waals surface area contributed by atoms with Crippen LogP contribution in [0.15, 0.2) is 182 Å². The van der Waals surface area contributed by atoms with Crippen molar-refractivity contribution >= 4 is 45.2 Å². The minimum atomic E-state index is -0.174. The molecule has 0 fully saturated rings. The van der Waals surface area contributed by atoms with Crippen LogP contribution >= 0.6 is 0 Å². The molecule has 0 amide bonds. The zero-order chi connectivity index (χ0) is 35.0. The zero-order valence-electron chi connectivity index (χ0n) is 28.8. The number of nitrogens with one attached hydrogen (secondary N) is 1. The topological polar surface area (TPSA) is 62.4 Å². The van der Waals surface area contributed by atoms with Gasteiger partial charge in [-0.3, -0.25) is 4.57 Å². The Morgan fingerprint density at radius 2 is 1.29 bits per heavy atom. The molecule has 0 radical (unpaired) electrons. The summed E-state index contributed by atoms with van der Waals surface area (Å²) in [7, 11) is 0. The van der Waals surface area contributed by atoms with E-state index in [2.05, 4.69) is 196 Å². The summed E-state index contributed by atoms with van der Waals surface area (Å²) in [6.07, 6.45) is -0.174. The van der Waals surface area contributed by atoms with Gasteiger partial charge in [0, 0.05) is 22.6 Å². The highest BCUT2D eigenvalue weighted by Gasteiger charge is 2.33. The molecule has 3 N–H and O–H groups in total. The number of nitrogens with two attached hydrogens (primary N) is 1. The number of hydrogen-bond acceptors (Lipinski definition) is 5. The Morgan fingerprint density at radius 1 is 0.654 bits per heavy atom. The molecular formula is C46H38N6. The predicted octanol–water partition coefficient (Wildman–Crippen LogP) is 11.4. The third kappa shape index (κ3) is 5.51. The second-order valence-electron chi connectivity index (χ2n) is 13.2. The molecule has 0 saturated heterocycles. The Bertz CT molecular complexity index is 2490. The molecule has 2 unspecified atom stereocenters.